The number of nitrogens with zero attached hydrogens (tertiary/aromatic N) is 5. The van der Waals surface area contributed by atoms with Crippen LogP contribution in [0.2, 0.25) is 0 Å². The van der Waals surface area contributed by atoms with Crippen LogP contribution in [-0.4, -0.2) is 96.0 Å². The van der Waals surface area contributed by atoms with E-state index in [1.807, 2.05) is 60.7 Å². The minimum absolute atomic E-state index is 0.0550. The van der Waals surface area contributed by atoms with Crippen LogP contribution >= 0.6 is 0 Å². The summed E-state index contributed by atoms with van der Waals surface area (Å²) in [6, 6.07) is 17.6. The largest absolute Gasteiger partial charge is 0.384 e. The lowest BCUT2D eigenvalue weighted by Crippen LogP contribution is -2.53. The van der Waals surface area contributed by atoms with Crippen molar-refractivity contribution in [3.8, 4) is 0 Å². The molecule has 1 aliphatic carbocycles. The lowest BCUT2D eigenvalue weighted by atomic mass is 9.80. The van der Waals surface area contributed by atoms with Gasteiger partial charge in [0.05, 0.1) is 36.1 Å². The molecule has 0 radical (unpaired) electrons. The summed E-state index contributed by atoms with van der Waals surface area (Å²) in [7, 11) is 0. The van der Waals surface area contributed by atoms with Crippen LogP contribution in [0.1, 0.15) is 119 Å². The molecule has 62 heavy (non-hydrogen) atoms. The summed E-state index contributed by atoms with van der Waals surface area (Å²) in [6.07, 6.45) is 7.27. The maximum absolute atomic E-state index is 15.0. The van der Waals surface area contributed by atoms with Crippen LogP contribution in [0, 0.1) is 11.8 Å². The third-order valence-electron chi connectivity index (χ3n) is 12.1. The van der Waals surface area contributed by atoms with Gasteiger partial charge < -0.3 is 30.9 Å². The van der Waals surface area contributed by atoms with Gasteiger partial charge in [-0.1, -0.05) is 91.9 Å². The molecular formula is C46H60N8O8. The number of ether oxygens (including phenoxy) is 1. The second-order valence-corrected chi connectivity index (χ2v) is 17.2. The molecule has 3 amide bonds. The molecule has 0 bridgehead atoms. The Morgan fingerprint density at radius 2 is 1.69 bits per heavy atom. The van der Waals surface area contributed by atoms with Gasteiger partial charge in [-0.15, -0.1) is 5.10 Å². The molecule has 1 aliphatic heterocycles. The highest BCUT2D eigenvalue weighted by molar-refractivity contribution is 6.37. The normalized spacial score (nSPS) is 18.6. The number of nitrogens with two attached hydrogens (primary N) is 1. The van der Waals surface area contributed by atoms with Crippen LogP contribution in [0.25, 0.3) is 10.9 Å². The van der Waals surface area contributed by atoms with Crippen molar-refractivity contribution in [3.05, 3.63) is 89.9 Å². The van der Waals surface area contributed by atoms with Gasteiger partial charge in [0.1, 0.15) is 17.3 Å². The molecule has 0 spiro atoms. The number of aliphatic hydroxyl groups is 2. The number of nitrogens with one attached hydrogen (secondary N) is 2. The molecule has 16 nitrogen and oxygen atoms in total. The Kier molecular flexibility index (Phi) is 16.0. The molecule has 4 aromatic rings. The fourth-order valence-corrected chi connectivity index (χ4v) is 8.71. The monoisotopic (exact) mass is 852 g/mol. The fourth-order valence-electron chi connectivity index (χ4n) is 8.71. The molecule has 2 aromatic heterocycles. The Morgan fingerprint density at radius 3 is 2.44 bits per heavy atom. The molecule has 3 heterocycles. The smallest absolute Gasteiger partial charge is 0.287 e. The highest BCUT2D eigenvalue weighted by Crippen LogP contribution is 2.36. The van der Waals surface area contributed by atoms with E-state index in [2.05, 4.69) is 25.9 Å². The van der Waals surface area contributed by atoms with Crippen molar-refractivity contribution in [1.29, 1.82) is 0 Å². The number of hydrogen-bond acceptors (Lipinski definition) is 12. The average Bonchev–Trinajstić information content (AvgIpc) is 3.96. The van der Waals surface area contributed by atoms with Gasteiger partial charge in [0.2, 0.25) is 24.0 Å². The number of para-hydroxylation sites is 1. The van der Waals surface area contributed by atoms with Crippen molar-refractivity contribution in [3.63, 3.8) is 0 Å². The van der Waals surface area contributed by atoms with Gasteiger partial charge in [-0.05, 0) is 76.1 Å². The molecule has 2 aliphatic rings. The van der Waals surface area contributed by atoms with Crippen molar-refractivity contribution in [1.82, 2.24) is 35.5 Å². The first-order chi connectivity index (χ1) is 29.8. The van der Waals surface area contributed by atoms with E-state index in [1.165, 1.54) is 15.8 Å². The number of pyridine rings is 1. The van der Waals surface area contributed by atoms with Crippen LogP contribution in [-0.2, 0) is 36.1 Å². The van der Waals surface area contributed by atoms with Crippen LogP contribution in [0.4, 0.5) is 0 Å². The van der Waals surface area contributed by atoms with Gasteiger partial charge in [-0.25, -0.2) is 9.67 Å². The Balaban J connectivity index is 1.17. The van der Waals surface area contributed by atoms with E-state index in [-0.39, 0.29) is 56.4 Å². The first-order valence-corrected chi connectivity index (χ1v) is 21.8. The molecule has 2 aromatic carbocycles. The van der Waals surface area contributed by atoms with Gasteiger partial charge >= 0.3 is 0 Å². The predicted octanol–water partition coefficient (Wildman–Crippen LogP) is 4.24. The SMILES string of the molecule is CC(C)(O)c1cnnn1[C@H]1C[C@@H](C(=O)NC(CCCCNC(O)OCc2ccccc2)C(=O)C(N)=O)N(C(=O)[C@H](CCC(=O)c2ccc3ccccc3n2)CC2CCCCC2)C1. The number of aliphatic hydroxyl groups excluding tert-OH is 1. The number of aromatic nitrogens is 4. The molecule has 6 N–H and O–H groups in total. The van der Waals surface area contributed by atoms with Gasteiger partial charge in [0.25, 0.3) is 5.91 Å². The van der Waals surface area contributed by atoms with Crippen molar-refractivity contribution in [2.75, 3.05) is 13.1 Å². The van der Waals surface area contributed by atoms with Crippen molar-refractivity contribution < 1.29 is 38.9 Å². The van der Waals surface area contributed by atoms with E-state index in [1.54, 1.807) is 19.9 Å². The molecule has 16 heteroatoms. The zero-order chi connectivity index (χ0) is 44.2. The number of carbonyl (C=O) groups is 5. The number of Topliss-reactive ketones (excluding diaryl/α,β-unsaturated/α-hetero) is 2. The Morgan fingerprint density at radius 1 is 0.952 bits per heavy atom. The number of ketones is 2. The average molecular weight is 853 g/mol. The summed E-state index contributed by atoms with van der Waals surface area (Å²) >= 11 is 0. The summed E-state index contributed by atoms with van der Waals surface area (Å²) in [4.78, 5) is 74.5. The quantitative estimate of drug-likeness (QED) is 0.0324. The first kappa shape index (κ1) is 46.1. The van der Waals surface area contributed by atoms with E-state index in [0.717, 1.165) is 43.1 Å². The van der Waals surface area contributed by atoms with Crippen LogP contribution in [0.5, 0.6) is 0 Å². The maximum atomic E-state index is 15.0. The maximum Gasteiger partial charge on any atom is 0.287 e. The highest BCUT2D eigenvalue weighted by Gasteiger charge is 2.45. The first-order valence-electron chi connectivity index (χ1n) is 21.8. The fraction of sp³-hybridized carbons (Fsp3) is 0.522. The second kappa shape index (κ2) is 21.6. The van der Waals surface area contributed by atoms with Crippen molar-refractivity contribution in [2.45, 2.75) is 128 Å². The van der Waals surface area contributed by atoms with Crippen LogP contribution in [0.15, 0.2) is 72.9 Å². The van der Waals surface area contributed by atoms with Crippen molar-refractivity contribution in [2.24, 2.45) is 17.6 Å². The number of hydrogen-bond donors (Lipinski definition) is 5. The topological polar surface area (TPSA) is 232 Å². The zero-order valence-corrected chi connectivity index (χ0v) is 35.7. The lowest BCUT2D eigenvalue weighted by molar-refractivity contribution is -0.143. The zero-order valence-electron chi connectivity index (χ0n) is 35.7. The highest BCUT2D eigenvalue weighted by atomic mass is 16.6. The van der Waals surface area contributed by atoms with E-state index in [4.69, 9.17) is 10.5 Å². The summed E-state index contributed by atoms with van der Waals surface area (Å²) in [5, 5.41) is 36.0. The minimum atomic E-state index is -1.34. The van der Waals surface area contributed by atoms with E-state index < -0.39 is 53.7 Å². The molecule has 1 saturated heterocycles. The van der Waals surface area contributed by atoms with Crippen LogP contribution < -0.4 is 16.4 Å². The van der Waals surface area contributed by atoms with Crippen LogP contribution in [0.3, 0.4) is 0 Å². The molecule has 2 fully saturated rings. The number of carbonyl (C=O) groups excluding carboxylic acids is 5. The van der Waals surface area contributed by atoms with Gasteiger partial charge in [0, 0.05) is 30.7 Å². The predicted molar refractivity (Wildman–Crippen MR) is 230 cm³/mol. The minimum Gasteiger partial charge on any atom is -0.384 e. The number of likely N-dealkylation sites (tertiary alicyclic amines) is 1. The number of benzene rings is 2. The number of amides is 3. The Labute approximate surface area is 362 Å². The molecule has 2 unspecified atom stereocenters. The number of rotatable bonds is 22. The standard InChI is InChI=1S/C46H60N8O8/c1-46(2,61)40-27-49-52-54(40)34-26-38(43(58)51-37(41(56)42(47)57)19-11-12-24-48-45(60)62-29-31-15-7-4-8-16-31)53(28-34)44(59)33(25-30-13-5-3-6-14-30)21-23-39(55)36-22-20-32-17-9-10-18-35(32)50-36/h4,7-10,15-18,20,22,27,30,33-34,37-38,45,48,60-61H,3,5-6,11-14,19,21,23-26,28-29H2,1-2H3,(H2,47,57)(H,51,58)/t33-,34+,37?,38+,45?/m1/s1. The van der Waals surface area contributed by atoms with Gasteiger partial charge in [0.15, 0.2) is 5.78 Å². The van der Waals surface area contributed by atoms with E-state index in [0.29, 0.717) is 42.7 Å². The summed E-state index contributed by atoms with van der Waals surface area (Å²) in [5.74, 6) is -3.60. The summed E-state index contributed by atoms with van der Waals surface area (Å²) in [5.41, 5.74) is 6.44. The lowest BCUT2D eigenvalue weighted by Gasteiger charge is -2.32. The number of unbranched alkanes of at least 4 members (excludes halogenated alkanes) is 1. The molecule has 332 valence electrons. The van der Waals surface area contributed by atoms with Crippen molar-refractivity contribution >= 4 is 40.2 Å². The van der Waals surface area contributed by atoms with Gasteiger partial charge in [-0.2, -0.15) is 0 Å². The van der Waals surface area contributed by atoms with Gasteiger partial charge in [-0.3, -0.25) is 29.3 Å². The van der Waals surface area contributed by atoms with E-state index in [9.17, 15) is 34.2 Å². The molecule has 6 rings (SSSR count). The number of primary amides is 1. The third-order valence-corrected chi connectivity index (χ3v) is 12.1. The Hall–Kier alpha value is -5.42. The third kappa shape index (κ3) is 12.4. The summed E-state index contributed by atoms with van der Waals surface area (Å²) < 4.78 is 6.98. The van der Waals surface area contributed by atoms with E-state index >= 15 is 0 Å². The summed E-state index contributed by atoms with van der Waals surface area (Å²) in [6.45, 7) is 3.77. The second-order valence-electron chi connectivity index (χ2n) is 17.2. The molecule has 1 saturated carbocycles. The molecular weight excluding hydrogens is 793 g/mol. The number of fused-ring (bicyclic) bond motifs is 1. The Bertz CT molecular complexity index is 2150. The molecule has 5 atom stereocenters.